The van der Waals surface area contributed by atoms with Crippen molar-refractivity contribution in [2.75, 3.05) is 13.2 Å². The number of unbranched alkanes of at least 4 members (excludes halogenated alkanes) is 13. The van der Waals surface area contributed by atoms with Gasteiger partial charge in [-0.25, -0.2) is 9.59 Å². The van der Waals surface area contributed by atoms with Crippen LogP contribution in [0.5, 0.6) is 0 Å². The molecule has 5 heteroatoms. The summed E-state index contributed by atoms with van der Waals surface area (Å²) in [5.41, 5.74) is 0. The van der Waals surface area contributed by atoms with Gasteiger partial charge in [0.05, 0.1) is 13.2 Å². The zero-order valence-electron chi connectivity index (χ0n) is 20.3. The lowest BCUT2D eigenvalue weighted by Gasteiger charge is -2.22. The van der Waals surface area contributed by atoms with E-state index >= 15 is 0 Å². The zero-order valence-corrected chi connectivity index (χ0v) is 20.3. The summed E-state index contributed by atoms with van der Waals surface area (Å²) in [5, 5.41) is 2.63. The van der Waals surface area contributed by atoms with Gasteiger partial charge in [-0.1, -0.05) is 111 Å². The molecule has 1 amide bonds. The van der Waals surface area contributed by atoms with Crippen LogP contribution in [0.3, 0.4) is 0 Å². The lowest BCUT2D eigenvalue weighted by atomic mass is 9.99. The smallest absolute Gasteiger partial charge is 0.407 e. The standard InChI is InChI=1S/C25H49NO4/c1-5-8-9-10-11-12-13-14-15-16-17-18-19-20-21-30-24(27)23(22(4)6-2)26-25(28)29-7-3/h22-23H,5-21H2,1-4H3,(H,26,28). The first-order valence-corrected chi connectivity index (χ1v) is 12.7. The van der Waals surface area contributed by atoms with Gasteiger partial charge in [-0.3, -0.25) is 0 Å². The number of esters is 1. The number of hydrogen-bond acceptors (Lipinski definition) is 4. The summed E-state index contributed by atoms with van der Waals surface area (Å²) >= 11 is 0. The molecule has 30 heavy (non-hydrogen) atoms. The van der Waals surface area contributed by atoms with Gasteiger partial charge in [0.25, 0.3) is 0 Å². The van der Waals surface area contributed by atoms with Gasteiger partial charge in [0.1, 0.15) is 6.04 Å². The van der Waals surface area contributed by atoms with Gasteiger partial charge in [-0.15, -0.1) is 0 Å². The van der Waals surface area contributed by atoms with Crippen LogP contribution in [-0.4, -0.2) is 31.3 Å². The summed E-state index contributed by atoms with van der Waals surface area (Å²) in [4.78, 5) is 24.0. The third-order valence-corrected chi connectivity index (χ3v) is 5.76. The van der Waals surface area contributed by atoms with Gasteiger partial charge in [0.2, 0.25) is 0 Å². The highest BCUT2D eigenvalue weighted by Crippen LogP contribution is 2.14. The number of alkyl carbamates (subject to hydrolysis) is 1. The Hall–Kier alpha value is -1.26. The second-order valence-electron chi connectivity index (χ2n) is 8.49. The van der Waals surface area contributed by atoms with Gasteiger partial charge < -0.3 is 14.8 Å². The maximum Gasteiger partial charge on any atom is 0.407 e. The van der Waals surface area contributed by atoms with E-state index in [1.54, 1.807) is 6.92 Å². The number of ether oxygens (including phenoxy) is 2. The Labute approximate surface area is 186 Å². The molecule has 0 rings (SSSR count). The van der Waals surface area contributed by atoms with Gasteiger partial charge in [-0.2, -0.15) is 0 Å². The monoisotopic (exact) mass is 427 g/mol. The van der Waals surface area contributed by atoms with Gasteiger partial charge in [-0.05, 0) is 19.3 Å². The topological polar surface area (TPSA) is 64.6 Å². The lowest BCUT2D eigenvalue weighted by molar-refractivity contribution is -0.147. The fourth-order valence-corrected chi connectivity index (χ4v) is 3.53. The summed E-state index contributed by atoms with van der Waals surface area (Å²) in [6, 6.07) is -0.638. The van der Waals surface area contributed by atoms with Crippen molar-refractivity contribution in [2.45, 2.75) is 130 Å². The Bertz CT molecular complexity index is 414. The molecule has 0 heterocycles. The molecule has 5 nitrogen and oxygen atoms in total. The molecule has 0 bridgehead atoms. The quantitative estimate of drug-likeness (QED) is 0.165. The van der Waals surface area contributed by atoms with E-state index in [-0.39, 0.29) is 18.5 Å². The van der Waals surface area contributed by atoms with Crippen LogP contribution in [0, 0.1) is 5.92 Å². The van der Waals surface area contributed by atoms with E-state index in [0.29, 0.717) is 6.61 Å². The molecule has 0 spiro atoms. The molecule has 0 aliphatic carbocycles. The second-order valence-corrected chi connectivity index (χ2v) is 8.49. The van der Waals surface area contributed by atoms with Crippen LogP contribution in [0.25, 0.3) is 0 Å². The molecule has 0 fully saturated rings. The SMILES string of the molecule is CCCCCCCCCCCCCCCCOC(=O)C(NC(=O)OCC)C(C)CC. The van der Waals surface area contributed by atoms with Crippen molar-refractivity contribution < 1.29 is 19.1 Å². The molecular formula is C25H49NO4. The van der Waals surface area contributed by atoms with Crippen LogP contribution >= 0.6 is 0 Å². The molecule has 2 atom stereocenters. The molecule has 0 aromatic heterocycles. The maximum atomic E-state index is 12.3. The molecule has 0 aliphatic heterocycles. The number of carbonyl (C=O) groups is 2. The number of nitrogens with one attached hydrogen (secondary N) is 1. The van der Waals surface area contributed by atoms with Crippen LogP contribution < -0.4 is 5.32 Å². The average Bonchev–Trinajstić information content (AvgIpc) is 2.74. The number of carbonyl (C=O) groups excluding carboxylic acids is 2. The molecule has 0 aromatic carbocycles. The van der Waals surface area contributed by atoms with Crippen LogP contribution in [0.1, 0.15) is 124 Å². The van der Waals surface area contributed by atoms with Crippen LogP contribution in [0.15, 0.2) is 0 Å². The summed E-state index contributed by atoms with van der Waals surface area (Å²) in [6.45, 7) is 8.64. The fraction of sp³-hybridized carbons (Fsp3) is 0.920. The van der Waals surface area contributed by atoms with Gasteiger partial charge in [0, 0.05) is 0 Å². The third kappa shape index (κ3) is 16.5. The average molecular weight is 428 g/mol. The maximum absolute atomic E-state index is 12.3. The van der Waals surface area contributed by atoms with Crippen LogP contribution in [0.2, 0.25) is 0 Å². The number of hydrogen-bond donors (Lipinski definition) is 1. The van der Waals surface area contributed by atoms with E-state index in [4.69, 9.17) is 9.47 Å². The van der Waals surface area contributed by atoms with Crippen molar-refractivity contribution in [3.8, 4) is 0 Å². The molecule has 0 saturated heterocycles. The Morgan fingerprint density at radius 3 is 1.60 bits per heavy atom. The molecule has 0 aliphatic rings. The third-order valence-electron chi connectivity index (χ3n) is 5.76. The molecule has 0 aromatic rings. The first kappa shape index (κ1) is 28.7. The van der Waals surface area contributed by atoms with Gasteiger partial charge in [0.15, 0.2) is 0 Å². The van der Waals surface area contributed by atoms with E-state index in [1.807, 2.05) is 13.8 Å². The minimum absolute atomic E-state index is 0.0123. The van der Waals surface area contributed by atoms with Gasteiger partial charge >= 0.3 is 12.1 Å². The van der Waals surface area contributed by atoms with Crippen molar-refractivity contribution in [3.05, 3.63) is 0 Å². The molecular weight excluding hydrogens is 378 g/mol. The van der Waals surface area contributed by atoms with E-state index in [1.165, 1.54) is 77.0 Å². The number of rotatable bonds is 20. The van der Waals surface area contributed by atoms with Crippen LogP contribution in [0.4, 0.5) is 4.79 Å². The first-order valence-electron chi connectivity index (χ1n) is 12.7. The molecule has 0 saturated carbocycles. The van der Waals surface area contributed by atoms with E-state index in [9.17, 15) is 9.59 Å². The Morgan fingerprint density at radius 1 is 0.700 bits per heavy atom. The summed E-state index contributed by atoms with van der Waals surface area (Å²) in [6.07, 6.45) is 18.4. The normalized spacial score (nSPS) is 12.9. The zero-order chi connectivity index (χ0) is 22.5. The fourth-order valence-electron chi connectivity index (χ4n) is 3.53. The molecule has 2 unspecified atom stereocenters. The second kappa shape index (κ2) is 21.0. The summed E-state index contributed by atoms with van der Waals surface area (Å²) in [5.74, 6) is -0.342. The van der Waals surface area contributed by atoms with E-state index < -0.39 is 12.1 Å². The van der Waals surface area contributed by atoms with Crippen molar-refractivity contribution in [2.24, 2.45) is 5.92 Å². The minimum Gasteiger partial charge on any atom is -0.464 e. The first-order chi connectivity index (χ1) is 14.6. The van der Waals surface area contributed by atoms with Crippen molar-refractivity contribution in [3.63, 3.8) is 0 Å². The highest BCUT2D eigenvalue weighted by atomic mass is 16.6. The largest absolute Gasteiger partial charge is 0.464 e. The lowest BCUT2D eigenvalue weighted by Crippen LogP contribution is -2.46. The van der Waals surface area contributed by atoms with Crippen LogP contribution in [-0.2, 0) is 14.3 Å². The van der Waals surface area contributed by atoms with E-state index in [0.717, 1.165) is 19.3 Å². The van der Waals surface area contributed by atoms with Crippen molar-refractivity contribution in [1.29, 1.82) is 0 Å². The predicted molar refractivity (Wildman–Crippen MR) is 125 cm³/mol. The Kier molecular flexibility index (Phi) is 20.1. The molecule has 1 N–H and O–H groups in total. The summed E-state index contributed by atoms with van der Waals surface area (Å²) < 4.78 is 10.3. The van der Waals surface area contributed by atoms with Crippen molar-refractivity contribution in [1.82, 2.24) is 5.32 Å². The molecule has 0 radical (unpaired) electrons. The molecule has 178 valence electrons. The van der Waals surface area contributed by atoms with Crippen molar-refractivity contribution >= 4 is 12.1 Å². The highest BCUT2D eigenvalue weighted by molar-refractivity contribution is 5.81. The predicted octanol–water partition coefficient (Wildman–Crippen LogP) is 7.17. The highest BCUT2D eigenvalue weighted by Gasteiger charge is 2.27. The minimum atomic E-state index is -0.638. The summed E-state index contributed by atoms with van der Waals surface area (Å²) in [7, 11) is 0. The Balaban J connectivity index is 3.65. The number of amides is 1. The van der Waals surface area contributed by atoms with E-state index in [2.05, 4.69) is 12.2 Å². The Morgan fingerprint density at radius 2 is 1.17 bits per heavy atom.